The van der Waals surface area contributed by atoms with E-state index in [1.165, 1.54) is 0 Å². The van der Waals surface area contributed by atoms with Gasteiger partial charge in [-0.1, -0.05) is 0 Å². The molecule has 0 aromatic heterocycles. The van der Waals surface area contributed by atoms with Gasteiger partial charge in [-0.25, -0.2) is 4.99 Å². The van der Waals surface area contributed by atoms with E-state index in [1.807, 2.05) is 0 Å². The average molecular weight is 208 g/mol. The molecule has 0 bridgehead atoms. The zero-order chi connectivity index (χ0) is 4.41. The first-order valence-corrected chi connectivity index (χ1v) is 2.10. The van der Waals surface area contributed by atoms with E-state index in [9.17, 15) is 0 Å². The van der Waals surface area contributed by atoms with Crippen LogP contribution in [0.1, 0.15) is 0 Å². The topological polar surface area (TPSA) is 24.7 Å². The van der Waals surface area contributed by atoms with Gasteiger partial charge in [0.2, 0.25) is 0 Å². The summed E-state index contributed by atoms with van der Waals surface area (Å²) in [5, 5.41) is 0.593. The van der Waals surface area contributed by atoms with Crippen LogP contribution >= 0.6 is 12.6 Å². The fraction of sp³-hybridized carbons (Fsp3) is 0.333. The third-order valence-corrected chi connectivity index (χ3v) is 0.778. The fourth-order valence-electron chi connectivity index (χ4n) is 0.286. The molecule has 0 fully saturated rings. The zero-order valence-corrected chi connectivity index (χ0v) is 5.80. The van der Waals surface area contributed by atoms with Crippen LogP contribution in [0.5, 0.6) is 0 Å². The van der Waals surface area contributed by atoms with Crippen molar-refractivity contribution in [3.05, 3.63) is 0 Å². The SMILES string of the molecule is SC1=NCC=N1.[Ag]. The van der Waals surface area contributed by atoms with E-state index in [0.717, 1.165) is 0 Å². The monoisotopic (exact) mass is 207 g/mol. The fourth-order valence-corrected chi connectivity index (χ4v) is 0.449. The number of aliphatic imine (C=N–C) groups is 2. The summed E-state index contributed by atoms with van der Waals surface area (Å²) in [7, 11) is 0. The van der Waals surface area contributed by atoms with E-state index in [1.54, 1.807) is 6.21 Å². The summed E-state index contributed by atoms with van der Waals surface area (Å²) in [4.78, 5) is 7.52. The van der Waals surface area contributed by atoms with Crippen LogP contribution < -0.4 is 0 Å². The Labute approximate surface area is 63.0 Å². The molecule has 0 saturated carbocycles. The van der Waals surface area contributed by atoms with Crippen LogP contribution in [0.15, 0.2) is 9.98 Å². The summed E-state index contributed by atoms with van der Waals surface area (Å²) < 4.78 is 0. The first-order chi connectivity index (χ1) is 2.89. The van der Waals surface area contributed by atoms with Gasteiger partial charge in [-0.15, -0.1) is 12.6 Å². The second-order valence-electron chi connectivity index (χ2n) is 0.952. The predicted octanol–water partition coefficient (Wildman–Crippen LogP) is 0.354. The molecule has 2 nitrogen and oxygen atoms in total. The van der Waals surface area contributed by atoms with Crippen molar-refractivity contribution in [1.82, 2.24) is 0 Å². The van der Waals surface area contributed by atoms with E-state index in [0.29, 0.717) is 11.7 Å². The Hall–Kier alpha value is 0.430. The van der Waals surface area contributed by atoms with E-state index >= 15 is 0 Å². The van der Waals surface area contributed by atoms with Crippen molar-refractivity contribution < 1.29 is 22.4 Å². The Balaban J connectivity index is 0.000000360. The average Bonchev–Trinajstić information content (AvgIpc) is 1.86. The second kappa shape index (κ2) is 3.43. The summed E-state index contributed by atoms with van der Waals surface area (Å²) in [5.74, 6) is 0. The molecule has 43 valence electrons. The largest absolute Gasteiger partial charge is 0.255 e. The van der Waals surface area contributed by atoms with Gasteiger partial charge in [0.15, 0.2) is 5.17 Å². The maximum Gasteiger partial charge on any atom is 0.179 e. The molecule has 0 aromatic carbocycles. The first kappa shape index (κ1) is 7.43. The van der Waals surface area contributed by atoms with Crippen LogP contribution in [0, 0.1) is 0 Å². The van der Waals surface area contributed by atoms with Gasteiger partial charge in [0, 0.05) is 28.6 Å². The molecular formula is C3H4AgN2S. The van der Waals surface area contributed by atoms with Crippen LogP contribution in [0.2, 0.25) is 0 Å². The van der Waals surface area contributed by atoms with E-state index < -0.39 is 0 Å². The molecule has 0 N–H and O–H groups in total. The minimum Gasteiger partial charge on any atom is -0.255 e. The molecule has 1 radical (unpaired) electrons. The smallest absolute Gasteiger partial charge is 0.179 e. The predicted molar refractivity (Wildman–Crippen MR) is 29.8 cm³/mol. The maximum absolute atomic E-state index is 3.84. The molecule has 7 heavy (non-hydrogen) atoms. The van der Waals surface area contributed by atoms with E-state index in [2.05, 4.69) is 22.6 Å². The summed E-state index contributed by atoms with van der Waals surface area (Å²) >= 11 is 3.84. The molecule has 1 aliphatic rings. The quantitative estimate of drug-likeness (QED) is 0.439. The van der Waals surface area contributed by atoms with Gasteiger partial charge in [-0.2, -0.15) is 0 Å². The minimum atomic E-state index is 0. The van der Waals surface area contributed by atoms with Crippen LogP contribution in [-0.2, 0) is 22.4 Å². The summed E-state index contributed by atoms with van der Waals surface area (Å²) in [6.07, 6.45) is 1.72. The second-order valence-corrected chi connectivity index (χ2v) is 1.35. The Morgan fingerprint density at radius 1 is 1.71 bits per heavy atom. The molecule has 0 saturated heterocycles. The van der Waals surface area contributed by atoms with Gasteiger partial charge >= 0.3 is 0 Å². The number of amidine groups is 1. The first-order valence-electron chi connectivity index (χ1n) is 1.65. The third-order valence-electron chi connectivity index (χ3n) is 0.521. The van der Waals surface area contributed by atoms with Crippen molar-refractivity contribution in [3.8, 4) is 0 Å². The number of nitrogens with zero attached hydrogens (tertiary/aromatic N) is 2. The molecule has 4 heteroatoms. The Bertz CT molecular complexity index is 107. The molecule has 1 aliphatic heterocycles. The number of hydrogen-bond donors (Lipinski definition) is 1. The number of thiol groups is 1. The van der Waals surface area contributed by atoms with Crippen molar-refractivity contribution in [2.45, 2.75) is 0 Å². The van der Waals surface area contributed by atoms with Crippen LogP contribution in [0.25, 0.3) is 0 Å². The van der Waals surface area contributed by atoms with Gasteiger partial charge in [-0.3, -0.25) is 4.99 Å². The Morgan fingerprint density at radius 2 is 2.43 bits per heavy atom. The van der Waals surface area contributed by atoms with Crippen LogP contribution in [0.4, 0.5) is 0 Å². The molecule has 0 atom stereocenters. The standard InChI is InChI=1S/C3H4N2S.Ag/c6-3-4-1-2-5-3;/h1H,2H2,(H,5,6);. The summed E-state index contributed by atoms with van der Waals surface area (Å²) in [6, 6.07) is 0. The summed E-state index contributed by atoms with van der Waals surface area (Å²) in [6.45, 7) is 0.707. The molecule has 1 heterocycles. The molecule has 0 spiro atoms. The number of hydrogen-bond acceptors (Lipinski definition) is 2. The van der Waals surface area contributed by atoms with Crippen LogP contribution in [-0.4, -0.2) is 17.9 Å². The minimum absolute atomic E-state index is 0. The van der Waals surface area contributed by atoms with Gasteiger partial charge in [0.25, 0.3) is 0 Å². The van der Waals surface area contributed by atoms with Gasteiger partial charge in [0.1, 0.15) is 0 Å². The molecule has 0 aliphatic carbocycles. The number of rotatable bonds is 0. The van der Waals surface area contributed by atoms with E-state index in [-0.39, 0.29) is 22.4 Å². The maximum atomic E-state index is 3.84. The van der Waals surface area contributed by atoms with Crippen LogP contribution in [0.3, 0.4) is 0 Å². The zero-order valence-electron chi connectivity index (χ0n) is 3.43. The third kappa shape index (κ3) is 2.29. The molecule has 1 rings (SSSR count). The van der Waals surface area contributed by atoms with E-state index in [4.69, 9.17) is 0 Å². The van der Waals surface area contributed by atoms with Gasteiger partial charge < -0.3 is 0 Å². The normalized spacial score (nSPS) is 15.9. The van der Waals surface area contributed by atoms with Crippen molar-refractivity contribution in [1.29, 1.82) is 0 Å². The van der Waals surface area contributed by atoms with Gasteiger partial charge in [0.05, 0.1) is 6.54 Å². The van der Waals surface area contributed by atoms with Crippen molar-refractivity contribution >= 4 is 24.0 Å². The molecule has 0 unspecified atom stereocenters. The summed E-state index contributed by atoms with van der Waals surface area (Å²) in [5.41, 5.74) is 0. The molecular weight excluding hydrogens is 204 g/mol. The van der Waals surface area contributed by atoms with Crippen molar-refractivity contribution in [2.24, 2.45) is 9.98 Å². The Kier molecular flexibility index (Phi) is 3.65. The van der Waals surface area contributed by atoms with Gasteiger partial charge in [-0.05, 0) is 0 Å². The molecule has 0 amide bonds. The van der Waals surface area contributed by atoms with Crippen molar-refractivity contribution in [2.75, 3.05) is 6.54 Å². The van der Waals surface area contributed by atoms with Crippen molar-refractivity contribution in [3.63, 3.8) is 0 Å². The molecule has 0 aromatic rings. The Morgan fingerprint density at radius 3 is 2.57 bits per heavy atom.